The molecule has 3 aromatic rings. The first-order valence-corrected chi connectivity index (χ1v) is 8.26. The molecule has 0 bridgehead atoms. The van der Waals surface area contributed by atoms with Gasteiger partial charge in [0.25, 0.3) is 5.91 Å². The lowest BCUT2D eigenvalue weighted by Gasteiger charge is -2.17. The van der Waals surface area contributed by atoms with E-state index in [2.05, 4.69) is 20.4 Å². The minimum Gasteiger partial charge on any atom is -0.397 e. The first kappa shape index (κ1) is 17.6. The maximum absolute atomic E-state index is 12.5. The highest BCUT2D eigenvalue weighted by Gasteiger charge is 2.17. The molecule has 0 aliphatic heterocycles. The second-order valence-electron chi connectivity index (χ2n) is 7.20. The summed E-state index contributed by atoms with van der Waals surface area (Å²) in [5.41, 5.74) is 9.81. The molecule has 7 heteroatoms. The highest BCUT2D eigenvalue weighted by atomic mass is 16.1. The van der Waals surface area contributed by atoms with Crippen molar-refractivity contribution in [3.63, 3.8) is 0 Å². The lowest BCUT2D eigenvalue weighted by Crippen LogP contribution is -2.18. The van der Waals surface area contributed by atoms with Gasteiger partial charge in [0, 0.05) is 30.4 Å². The number of nitrogens with zero attached hydrogens (tertiary/aromatic N) is 4. The first-order valence-electron chi connectivity index (χ1n) is 8.26. The molecule has 0 unspecified atom stereocenters. The normalized spacial score (nSPS) is 11.4. The number of aryl methyl sites for hydroxylation is 1. The third-order valence-corrected chi connectivity index (χ3v) is 3.99. The first-order chi connectivity index (χ1) is 12.2. The van der Waals surface area contributed by atoms with Crippen LogP contribution in [0.2, 0.25) is 0 Å². The lowest BCUT2D eigenvalue weighted by molar-refractivity contribution is 0.102. The highest BCUT2D eigenvalue weighted by Crippen LogP contribution is 2.27. The summed E-state index contributed by atoms with van der Waals surface area (Å²) >= 11 is 0. The van der Waals surface area contributed by atoms with E-state index in [0.29, 0.717) is 11.4 Å². The Balaban J connectivity index is 1.83. The van der Waals surface area contributed by atoms with Gasteiger partial charge in [0.05, 0.1) is 29.5 Å². The van der Waals surface area contributed by atoms with Crippen molar-refractivity contribution in [1.29, 1.82) is 0 Å². The molecule has 0 radical (unpaired) electrons. The summed E-state index contributed by atoms with van der Waals surface area (Å²) in [6.07, 6.45) is 6.77. The van der Waals surface area contributed by atoms with E-state index in [4.69, 9.17) is 5.73 Å². The van der Waals surface area contributed by atoms with Crippen molar-refractivity contribution in [2.24, 2.45) is 7.05 Å². The van der Waals surface area contributed by atoms with Crippen molar-refractivity contribution < 1.29 is 4.79 Å². The van der Waals surface area contributed by atoms with Crippen LogP contribution in [0, 0.1) is 0 Å². The van der Waals surface area contributed by atoms with E-state index >= 15 is 0 Å². The molecule has 2 aromatic heterocycles. The Morgan fingerprint density at radius 1 is 1.12 bits per heavy atom. The number of aromatic nitrogens is 4. The number of hydrogen-bond acceptors (Lipinski definition) is 5. The number of nitrogen functional groups attached to an aromatic ring is 1. The monoisotopic (exact) mass is 350 g/mol. The molecule has 1 amide bonds. The van der Waals surface area contributed by atoms with Crippen LogP contribution in [0.1, 0.15) is 37.0 Å². The third kappa shape index (κ3) is 3.72. The largest absolute Gasteiger partial charge is 0.397 e. The molecule has 0 saturated heterocycles. The van der Waals surface area contributed by atoms with Crippen LogP contribution in [0.25, 0.3) is 11.1 Å². The number of amides is 1. The fraction of sp³-hybridized carbons (Fsp3) is 0.263. The molecule has 0 fully saturated rings. The zero-order valence-electron chi connectivity index (χ0n) is 15.3. The van der Waals surface area contributed by atoms with Crippen LogP contribution in [0.3, 0.4) is 0 Å². The van der Waals surface area contributed by atoms with Crippen molar-refractivity contribution in [2.45, 2.75) is 26.2 Å². The van der Waals surface area contributed by atoms with Gasteiger partial charge in [0.2, 0.25) is 0 Å². The van der Waals surface area contributed by atoms with Crippen LogP contribution in [0.5, 0.6) is 0 Å². The average molecular weight is 350 g/mol. The second kappa shape index (κ2) is 6.59. The van der Waals surface area contributed by atoms with Gasteiger partial charge in [0.1, 0.15) is 5.69 Å². The zero-order valence-corrected chi connectivity index (χ0v) is 15.3. The van der Waals surface area contributed by atoms with Crippen molar-refractivity contribution in [1.82, 2.24) is 19.7 Å². The maximum atomic E-state index is 12.5. The Labute approximate surface area is 152 Å². The van der Waals surface area contributed by atoms with Gasteiger partial charge in [-0.25, -0.2) is 4.98 Å². The smallest absolute Gasteiger partial charge is 0.275 e. The fourth-order valence-electron chi connectivity index (χ4n) is 2.43. The van der Waals surface area contributed by atoms with Gasteiger partial charge in [-0.2, -0.15) is 5.10 Å². The fourth-order valence-corrected chi connectivity index (χ4v) is 2.43. The number of hydrogen-bond donors (Lipinski definition) is 2. The second-order valence-corrected chi connectivity index (χ2v) is 7.20. The van der Waals surface area contributed by atoms with Crippen LogP contribution in [0.15, 0.2) is 43.0 Å². The summed E-state index contributed by atoms with van der Waals surface area (Å²) in [6.45, 7) is 6.13. The number of nitrogens with one attached hydrogen (secondary N) is 1. The van der Waals surface area contributed by atoms with E-state index in [1.165, 1.54) is 6.20 Å². The summed E-state index contributed by atoms with van der Waals surface area (Å²) in [5.74, 6) is -0.354. The molecular weight excluding hydrogens is 328 g/mol. The Hall–Kier alpha value is -3.22. The Bertz CT molecular complexity index is 937. The van der Waals surface area contributed by atoms with Gasteiger partial charge in [-0.3, -0.25) is 14.5 Å². The minimum atomic E-state index is -0.354. The number of carbonyl (C=O) groups excluding carboxylic acids is 1. The molecule has 7 nitrogen and oxygen atoms in total. The summed E-state index contributed by atoms with van der Waals surface area (Å²) in [4.78, 5) is 21.1. The van der Waals surface area contributed by atoms with Crippen LogP contribution >= 0.6 is 0 Å². The molecule has 1 aromatic carbocycles. The predicted octanol–water partition coefficient (Wildman–Crippen LogP) is 3.01. The standard InChI is InChI=1S/C19H22N6O/c1-19(2,3)17-10-21-16(9-22-17)18(26)24-15-7-12(5-6-14(15)20)13-8-23-25(4)11-13/h5-11H,20H2,1-4H3,(H,24,26). The van der Waals surface area contributed by atoms with Crippen molar-refractivity contribution in [3.8, 4) is 11.1 Å². The van der Waals surface area contributed by atoms with Crippen LogP contribution in [-0.2, 0) is 12.5 Å². The molecule has 2 heterocycles. The number of carbonyl (C=O) groups is 1. The van der Waals surface area contributed by atoms with E-state index in [9.17, 15) is 4.79 Å². The molecule has 0 aliphatic carbocycles. The molecule has 0 atom stereocenters. The van der Waals surface area contributed by atoms with Gasteiger partial charge in [-0.1, -0.05) is 26.8 Å². The van der Waals surface area contributed by atoms with Gasteiger partial charge in [0.15, 0.2) is 0 Å². The summed E-state index contributed by atoms with van der Waals surface area (Å²) in [6, 6.07) is 5.47. The van der Waals surface area contributed by atoms with E-state index in [0.717, 1.165) is 16.8 Å². The van der Waals surface area contributed by atoms with Gasteiger partial charge in [-0.15, -0.1) is 0 Å². The summed E-state index contributed by atoms with van der Waals surface area (Å²) in [7, 11) is 1.85. The zero-order chi connectivity index (χ0) is 18.9. The van der Waals surface area contributed by atoms with E-state index < -0.39 is 0 Å². The van der Waals surface area contributed by atoms with Crippen molar-refractivity contribution >= 4 is 17.3 Å². The number of benzene rings is 1. The maximum Gasteiger partial charge on any atom is 0.275 e. The van der Waals surface area contributed by atoms with E-state index in [1.807, 2.05) is 46.1 Å². The topological polar surface area (TPSA) is 98.7 Å². The molecule has 3 N–H and O–H groups in total. The Kier molecular flexibility index (Phi) is 4.46. The molecule has 0 aliphatic rings. The Morgan fingerprint density at radius 3 is 2.46 bits per heavy atom. The van der Waals surface area contributed by atoms with Gasteiger partial charge < -0.3 is 11.1 Å². The summed E-state index contributed by atoms with van der Waals surface area (Å²) < 4.78 is 1.72. The van der Waals surface area contributed by atoms with Crippen LogP contribution in [0.4, 0.5) is 11.4 Å². The minimum absolute atomic E-state index is 0.121. The van der Waals surface area contributed by atoms with Gasteiger partial charge in [-0.05, 0) is 17.7 Å². The predicted molar refractivity (Wildman–Crippen MR) is 102 cm³/mol. The molecule has 3 rings (SSSR count). The van der Waals surface area contributed by atoms with Crippen LogP contribution in [-0.4, -0.2) is 25.7 Å². The van der Waals surface area contributed by atoms with Crippen molar-refractivity contribution in [2.75, 3.05) is 11.1 Å². The number of rotatable bonds is 3. The lowest BCUT2D eigenvalue weighted by atomic mass is 9.93. The molecule has 0 saturated carbocycles. The quantitative estimate of drug-likeness (QED) is 0.708. The average Bonchev–Trinajstić information content (AvgIpc) is 3.02. The molecule has 0 spiro atoms. The third-order valence-electron chi connectivity index (χ3n) is 3.99. The van der Waals surface area contributed by atoms with E-state index in [-0.39, 0.29) is 17.0 Å². The number of nitrogens with two attached hydrogens (primary N) is 1. The van der Waals surface area contributed by atoms with Gasteiger partial charge >= 0.3 is 0 Å². The molecular formula is C19H22N6O. The summed E-state index contributed by atoms with van der Waals surface area (Å²) in [5, 5.41) is 6.97. The highest BCUT2D eigenvalue weighted by molar-refractivity contribution is 6.04. The van der Waals surface area contributed by atoms with Crippen LogP contribution < -0.4 is 11.1 Å². The Morgan fingerprint density at radius 2 is 1.88 bits per heavy atom. The van der Waals surface area contributed by atoms with Crippen molar-refractivity contribution in [3.05, 3.63) is 54.4 Å². The molecule has 134 valence electrons. The SMILES string of the molecule is Cn1cc(-c2ccc(N)c(NC(=O)c3cnc(C(C)(C)C)cn3)c2)cn1. The molecule has 26 heavy (non-hydrogen) atoms. The van der Waals surface area contributed by atoms with E-state index in [1.54, 1.807) is 23.1 Å². The number of anilines is 2.